The van der Waals surface area contributed by atoms with E-state index in [1.54, 1.807) is 24.3 Å². The number of aromatic amines is 1. The third-order valence-electron chi connectivity index (χ3n) is 2.21. The van der Waals surface area contributed by atoms with Crippen molar-refractivity contribution in [3.63, 3.8) is 0 Å². The lowest BCUT2D eigenvalue weighted by Crippen LogP contribution is -2.23. The normalized spacial score (nSPS) is 11.5. The highest BCUT2D eigenvalue weighted by molar-refractivity contribution is 7.89. The average Bonchev–Trinajstić information content (AvgIpc) is 2.82. The standard InChI is InChI=1S/C10H12N4O2S/c11-9-3-1-8(2-4-9)7-13-17(15,16)10-5-6-12-14-10/h1-6,13H,7,11H2,(H,12,14). The Morgan fingerprint density at radius 3 is 2.53 bits per heavy atom. The summed E-state index contributed by atoms with van der Waals surface area (Å²) in [5, 5.41) is 6.05. The van der Waals surface area contributed by atoms with Crippen molar-refractivity contribution in [2.45, 2.75) is 11.6 Å². The van der Waals surface area contributed by atoms with E-state index in [0.29, 0.717) is 5.69 Å². The Morgan fingerprint density at radius 1 is 1.24 bits per heavy atom. The molecule has 2 rings (SSSR count). The Hall–Kier alpha value is -1.86. The van der Waals surface area contributed by atoms with Crippen LogP contribution < -0.4 is 10.5 Å². The van der Waals surface area contributed by atoms with Crippen LogP contribution in [0.5, 0.6) is 0 Å². The number of rotatable bonds is 4. The Labute approximate surface area is 98.9 Å². The van der Waals surface area contributed by atoms with E-state index in [1.165, 1.54) is 12.3 Å². The SMILES string of the molecule is Nc1ccc(CNS(=O)(=O)c2ccn[nH]2)cc1. The first-order valence-electron chi connectivity index (χ1n) is 4.91. The number of H-pyrrole nitrogens is 1. The number of benzene rings is 1. The molecule has 4 N–H and O–H groups in total. The second kappa shape index (κ2) is 4.56. The second-order valence-electron chi connectivity index (χ2n) is 3.49. The third-order valence-corrected chi connectivity index (χ3v) is 3.54. The second-order valence-corrected chi connectivity index (χ2v) is 5.22. The van der Waals surface area contributed by atoms with E-state index in [2.05, 4.69) is 14.9 Å². The largest absolute Gasteiger partial charge is 0.399 e. The minimum absolute atomic E-state index is 0.0490. The van der Waals surface area contributed by atoms with Gasteiger partial charge in [-0.05, 0) is 23.8 Å². The zero-order valence-electron chi connectivity index (χ0n) is 8.92. The van der Waals surface area contributed by atoms with E-state index in [4.69, 9.17) is 5.73 Å². The lowest BCUT2D eigenvalue weighted by molar-refractivity contribution is 0.577. The van der Waals surface area contributed by atoms with Crippen LogP contribution in [0, 0.1) is 0 Å². The molecule has 0 saturated carbocycles. The van der Waals surface area contributed by atoms with Crippen molar-refractivity contribution in [2.75, 3.05) is 5.73 Å². The molecular formula is C10H12N4O2S. The van der Waals surface area contributed by atoms with Gasteiger partial charge in [-0.3, -0.25) is 5.10 Å². The van der Waals surface area contributed by atoms with Crippen LogP contribution in [-0.2, 0) is 16.6 Å². The summed E-state index contributed by atoms with van der Waals surface area (Å²) in [7, 11) is -3.52. The number of anilines is 1. The Kier molecular flexibility index (Phi) is 3.12. The van der Waals surface area contributed by atoms with Crippen LogP contribution in [0.4, 0.5) is 5.69 Å². The minimum atomic E-state index is -3.52. The molecule has 0 unspecified atom stereocenters. The average molecular weight is 252 g/mol. The molecule has 0 fully saturated rings. The van der Waals surface area contributed by atoms with E-state index in [1.807, 2.05) is 0 Å². The van der Waals surface area contributed by atoms with Gasteiger partial charge in [-0.15, -0.1) is 0 Å². The first-order valence-corrected chi connectivity index (χ1v) is 6.40. The van der Waals surface area contributed by atoms with Crippen molar-refractivity contribution in [3.8, 4) is 0 Å². The van der Waals surface area contributed by atoms with Gasteiger partial charge < -0.3 is 5.73 Å². The molecule has 0 radical (unpaired) electrons. The summed E-state index contributed by atoms with van der Waals surface area (Å²) in [4.78, 5) is 0. The van der Waals surface area contributed by atoms with Gasteiger partial charge in [0, 0.05) is 12.2 Å². The third kappa shape index (κ3) is 2.83. The highest BCUT2D eigenvalue weighted by atomic mass is 32.2. The van der Waals surface area contributed by atoms with Gasteiger partial charge in [0.2, 0.25) is 0 Å². The molecule has 0 atom stereocenters. The fraction of sp³-hybridized carbons (Fsp3) is 0.100. The molecule has 17 heavy (non-hydrogen) atoms. The fourth-order valence-corrected chi connectivity index (χ4v) is 2.21. The summed E-state index contributed by atoms with van der Waals surface area (Å²) < 4.78 is 25.9. The fourth-order valence-electron chi connectivity index (χ4n) is 1.28. The lowest BCUT2D eigenvalue weighted by Gasteiger charge is -2.04. The van der Waals surface area contributed by atoms with E-state index >= 15 is 0 Å². The number of nitrogen functional groups attached to an aromatic ring is 1. The van der Waals surface area contributed by atoms with Crippen LogP contribution in [0.3, 0.4) is 0 Å². The molecule has 2 aromatic rings. The summed E-state index contributed by atoms with van der Waals surface area (Å²) in [5.74, 6) is 0. The molecule has 0 saturated heterocycles. The van der Waals surface area contributed by atoms with Crippen molar-refractivity contribution in [2.24, 2.45) is 0 Å². The maximum Gasteiger partial charge on any atom is 0.257 e. The quantitative estimate of drug-likeness (QED) is 0.688. The van der Waals surface area contributed by atoms with Crippen LogP contribution in [0.25, 0.3) is 0 Å². The number of nitrogens with two attached hydrogens (primary N) is 1. The maximum absolute atomic E-state index is 11.7. The molecule has 1 heterocycles. The van der Waals surface area contributed by atoms with Crippen LogP contribution in [0.2, 0.25) is 0 Å². The zero-order chi connectivity index (χ0) is 12.3. The summed E-state index contributed by atoms with van der Waals surface area (Å²) >= 11 is 0. The minimum Gasteiger partial charge on any atom is -0.399 e. The number of hydrogen-bond donors (Lipinski definition) is 3. The first kappa shape index (κ1) is 11.6. The van der Waals surface area contributed by atoms with Crippen molar-refractivity contribution in [3.05, 3.63) is 42.1 Å². The van der Waals surface area contributed by atoms with Crippen molar-refractivity contribution >= 4 is 15.7 Å². The van der Waals surface area contributed by atoms with Crippen molar-refractivity contribution in [1.82, 2.24) is 14.9 Å². The summed E-state index contributed by atoms with van der Waals surface area (Å²) in [6, 6.07) is 8.38. The van der Waals surface area contributed by atoms with E-state index in [9.17, 15) is 8.42 Å². The van der Waals surface area contributed by atoms with Gasteiger partial charge in [-0.2, -0.15) is 5.10 Å². The monoisotopic (exact) mass is 252 g/mol. The number of nitrogens with zero attached hydrogens (tertiary/aromatic N) is 1. The molecule has 1 aromatic carbocycles. The predicted octanol–water partition coefficient (Wildman–Crippen LogP) is 0.470. The summed E-state index contributed by atoms with van der Waals surface area (Å²) in [5.41, 5.74) is 7.01. The Balaban J connectivity index is 2.06. The first-order chi connectivity index (χ1) is 8.08. The van der Waals surface area contributed by atoms with Gasteiger partial charge in [-0.1, -0.05) is 12.1 Å². The molecular weight excluding hydrogens is 240 g/mol. The molecule has 0 bridgehead atoms. The molecule has 0 aliphatic carbocycles. The molecule has 90 valence electrons. The van der Waals surface area contributed by atoms with E-state index < -0.39 is 10.0 Å². The molecule has 1 aromatic heterocycles. The molecule has 6 nitrogen and oxygen atoms in total. The number of nitrogens with one attached hydrogen (secondary N) is 2. The van der Waals surface area contributed by atoms with Gasteiger partial charge in [-0.25, -0.2) is 13.1 Å². The molecule has 0 amide bonds. The van der Waals surface area contributed by atoms with Gasteiger partial charge >= 0.3 is 0 Å². The summed E-state index contributed by atoms with van der Waals surface area (Å²) in [6.07, 6.45) is 1.39. The molecule has 0 aliphatic heterocycles. The Morgan fingerprint density at radius 2 is 1.94 bits per heavy atom. The molecule has 0 aliphatic rings. The van der Waals surface area contributed by atoms with Gasteiger partial charge in [0.25, 0.3) is 10.0 Å². The zero-order valence-corrected chi connectivity index (χ0v) is 9.74. The van der Waals surface area contributed by atoms with E-state index in [0.717, 1.165) is 5.56 Å². The van der Waals surface area contributed by atoms with Crippen molar-refractivity contribution < 1.29 is 8.42 Å². The molecule has 0 spiro atoms. The van der Waals surface area contributed by atoms with Crippen LogP contribution in [0.15, 0.2) is 41.6 Å². The van der Waals surface area contributed by atoms with Gasteiger partial charge in [0.1, 0.15) is 0 Å². The number of hydrogen-bond acceptors (Lipinski definition) is 4. The number of aromatic nitrogens is 2. The topological polar surface area (TPSA) is 101 Å². The summed E-state index contributed by atoms with van der Waals surface area (Å²) in [6.45, 7) is 0.210. The Bertz CT molecular complexity index is 575. The highest BCUT2D eigenvalue weighted by Gasteiger charge is 2.14. The van der Waals surface area contributed by atoms with E-state index in [-0.39, 0.29) is 11.6 Å². The van der Waals surface area contributed by atoms with Crippen molar-refractivity contribution in [1.29, 1.82) is 0 Å². The lowest BCUT2D eigenvalue weighted by atomic mass is 10.2. The predicted molar refractivity (Wildman–Crippen MR) is 63.5 cm³/mol. The van der Waals surface area contributed by atoms with Crippen LogP contribution >= 0.6 is 0 Å². The molecule has 7 heteroatoms. The number of sulfonamides is 1. The maximum atomic E-state index is 11.7. The van der Waals surface area contributed by atoms with Gasteiger partial charge in [0.15, 0.2) is 5.03 Å². The van der Waals surface area contributed by atoms with Gasteiger partial charge in [0.05, 0.1) is 6.20 Å². The smallest absolute Gasteiger partial charge is 0.257 e. The highest BCUT2D eigenvalue weighted by Crippen LogP contribution is 2.07. The van der Waals surface area contributed by atoms with Crippen LogP contribution in [0.1, 0.15) is 5.56 Å². The van der Waals surface area contributed by atoms with Crippen LogP contribution in [-0.4, -0.2) is 18.6 Å².